The summed E-state index contributed by atoms with van der Waals surface area (Å²) in [6.07, 6.45) is 1.24. The van der Waals surface area contributed by atoms with E-state index in [1.54, 1.807) is 12.1 Å². The molecule has 1 saturated carbocycles. The molecule has 13 heavy (non-hydrogen) atoms. The Morgan fingerprint density at radius 3 is 2.69 bits per heavy atom. The number of halogens is 1. The molecule has 1 aromatic carbocycles. The fourth-order valence-corrected chi connectivity index (χ4v) is 1.85. The third-order valence-electron chi connectivity index (χ3n) is 2.69. The van der Waals surface area contributed by atoms with Crippen molar-refractivity contribution in [1.29, 1.82) is 0 Å². The van der Waals surface area contributed by atoms with Crippen LogP contribution in [0, 0.1) is 11.7 Å². The van der Waals surface area contributed by atoms with E-state index in [1.165, 1.54) is 12.0 Å². The summed E-state index contributed by atoms with van der Waals surface area (Å²) in [5.41, 5.74) is 1.28. The number of hydrogen-bond donors (Lipinski definition) is 1. The molecule has 0 amide bonds. The topological polar surface area (TPSA) is 12.0 Å². The van der Waals surface area contributed by atoms with Crippen LogP contribution in [0.15, 0.2) is 24.3 Å². The second-order valence-corrected chi connectivity index (χ2v) is 3.71. The van der Waals surface area contributed by atoms with Gasteiger partial charge in [0.05, 0.1) is 0 Å². The molecule has 0 spiro atoms. The lowest BCUT2D eigenvalue weighted by Crippen LogP contribution is -2.10. The van der Waals surface area contributed by atoms with Crippen LogP contribution < -0.4 is 5.32 Å². The van der Waals surface area contributed by atoms with Crippen LogP contribution in [-0.4, -0.2) is 13.6 Å². The van der Waals surface area contributed by atoms with Crippen LogP contribution in [0.5, 0.6) is 0 Å². The summed E-state index contributed by atoms with van der Waals surface area (Å²) in [5.74, 6) is 1.28. The smallest absolute Gasteiger partial charge is 0.123 e. The van der Waals surface area contributed by atoms with Crippen LogP contribution >= 0.6 is 0 Å². The van der Waals surface area contributed by atoms with Crippen molar-refractivity contribution >= 4 is 0 Å². The summed E-state index contributed by atoms with van der Waals surface area (Å²) in [5, 5.41) is 3.17. The van der Waals surface area contributed by atoms with E-state index in [0.717, 1.165) is 12.5 Å². The predicted octanol–water partition coefficient (Wildman–Crippen LogP) is 2.15. The van der Waals surface area contributed by atoms with E-state index in [2.05, 4.69) is 5.32 Å². The second kappa shape index (κ2) is 3.46. The van der Waals surface area contributed by atoms with Crippen LogP contribution in [0.2, 0.25) is 0 Å². The van der Waals surface area contributed by atoms with Gasteiger partial charge >= 0.3 is 0 Å². The molecule has 1 N–H and O–H groups in total. The van der Waals surface area contributed by atoms with E-state index in [9.17, 15) is 4.39 Å². The largest absolute Gasteiger partial charge is 0.319 e. The molecule has 0 unspecified atom stereocenters. The van der Waals surface area contributed by atoms with Gasteiger partial charge in [-0.15, -0.1) is 0 Å². The van der Waals surface area contributed by atoms with Gasteiger partial charge in [0.25, 0.3) is 0 Å². The number of hydrogen-bond acceptors (Lipinski definition) is 1. The Labute approximate surface area is 78.0 Å². The minimum Gasteiger partial charge on any atom is -0.319 e. The molecule has 1 aliphatic carbocycles. The lowest BCUT2D eigenvalue weighted by molar-refractivity contribution is 0.626. The van der Waals surface area contributed by atoms with Crippen LogP contribution in [-0.2, 0) is 0 Å². The fraction of sp³-hybridized carbons (Fsp3) is 0.455. The summed E-state index contributed by atoms with van der Waals surface area (Å²) >= 11 is 0. The van der Waals surface area contributed by atoms with E-state index in [4.69, 9.17) is 0 Å². The van der Waals surface area contributed by atoms with Crippen molar-refractivity contribution in [3.05, 3.63) is 35.6 Å². The molecular weight excluding hydrogens is 165 g/mol. The average molecular weight is 179 g/mol. The molecule has 0 aliphatic heterocycles. The first-order valence-electron chi connectivity index (χ1n) is 4.71. The minimum absolute atomic E-state index is 0.144. The quantitative estimate of drug-likeness (QED) is 0.749. The van der Waals surface area contributed by atoms with Crippen molar-refractivity contribution in [1.82, 2.24) is 5.32 Å². The summed E-state index contributed by atoms with van der Waals surface area (Å²) in [4.78, 5) is 0. The Morgan fingerprint density at radius 1 is 1.38 bits per heavy atom. The molecule has 2 heteroatoms. The van der Waals surface area contributed by atoms with E-state index in [0.29, 0.717) is 5.92 Å². The lowest BCUT2D eigenvalue weighted by atomic mass is 10.1. The van der Waals surface area contributed by atoms with E-state index in [-0.39, 0.29) is 5.82 Å². The zero-order valence-corrected chi connectivity index (χ0v) is 7.76. The molecule has 1 aliphatic rings. The molecule has 1 fully saturated rings. The van der Waals surface area contributed by atoms with Crippen molar-refractivity contribution in [2.24, 2.45) is 5.92 Å². The maximum Gasteiger partial charge on any atom is 0.123 e. The highest BCUT2D eigenvalue weighted by atomic mass is 19.1. The van der Waals surface area contributed by atoms with Crippen molar-refractivity contribution in [2.75, 3.05) is 13.6 Å². The first-order chi connectivity index (χ1) is 6.31. The predicted molar refractivity (Wildman–Crippen MR) is 51.2 cm³/mol. The fourth-order valence-electron chi connectivity index (χ4n) is 1.85. The van der Waals surface area contributed by atoms with Gasteiger partial charge in [0.15, 0.2) is 0 Å². The second-order valence-electron chi connectivity index (χ2n) is 3.71. The van der Waals surface area contributed by atoms with Gasteiger partial charge in [-0.2, -0.15) is 0 Å². The van der Waals surface area contributed by atoms with Gasteiger partial charge in [-0.1, -0.05) is 12.1 Å². The third-order valence-corrected chi connectivity index (χ3v) is 2.69. The molecule has 0 radical (unpaired) electrons. The van der Waals surface area contributed by atoms with Crippen molar-refractivity contribution in [2.45, 2.75) is 12.3 Å². The van der Waals surface area contributed by atoms with Gasteiger partial charge < -0.3 is 5.32 Å². The van der Waals surface area contributed by atoms with Gasteiger partial charge in [0.2, 0.25) is 0 Å². The minimum atomic E-state index is -0.144. The van der Waals surface area contributed by atoms with Gasteiger partial charge in [-0.3, -0.25) is 0 Å². The number of rotatable bonds is 3. The molecule has 2 rings (SSSR count). The first-order valence-corrected chi connectivity index (χ1v) is 4.71. The van der Waals surface area contributed by atoms with E-state index in [1.807, 2.05) is 19.2 Å². The summed E-state index contributed by atoms with van der Waals surface area (Å²) < 4.78 is 12.6. The van der Waals surface area contributed by atoms with Crippen LogP contribution in [0.4, 0.5) is 4.39 Å². The normalized spacial score (nSPS) is 26.0. The SMILES string of the molecule is CNC[C@@H]1C[C@@H]1c1ccc(F)cc1. The maximum absolute atomic E-state index is 12.6. The van der Waals surface area contributed by atoms with Gasteiger partial charge in [0, 0.05) is 0 Å². The van der Waals surface area contributed by atoms with Gasteiger partial charge in [-0.25, -0.2) is 4.39 Å². The Kier molecular flexibility index (Phi) is 2.32. The standard InChI is InChI=1S/C11H14FN/c1-13-7-9-6-11(9)8-2-4-10(12)5-3-8/h2-5,9,11,13H,6-7H2,1H3/t9-,11+/m0/s1. The lowest BCUT2D eigenvalue weighted by Gasteiger charge is -1.99. The monoisotopic (exact) mass is 179 g/mol. The summed E-state index contributed by atoms with van der Waals surface area (Å²) in [6, 6.07) is 6.89. The van der Waals surface area contributed by atoms with Crippen molar-refractivity contribution in [3.63, 3.8) is 0 Å². The highest BCUT2D eigenvalue weighted by Gasteiger charge is 2.37. The number of nitrogens with one attached hydrogen (secondary N) is 1. The van der Waals surface area contributed by atoms with E-state index < -0.39 is 0 Å². The Morgan fingerprint density at radius 2 is 2.08 bits per heavy atom. The zero-order chi connectivity index (χ0) is 9.26. The molecule has 2 atom stereocenters. The average Bonchev–Trinajstić information content (AvgIpc) is 2.86. The third kappa shape index (κ3) is 1.89. The molecule has 1 nitrogen and oxygen atoms in total. The number of benzene rings is 1. The Bertz CT molecular complexity index is 281. The maximum atomic E-state index is 12.6. The van der Waals surface area contributed by atoms with E-state index >= 15 is 0 Å². The molecule has 0 saturated heterocycles. The molecule has 1 aromatic rings. The molecule has 0 heterocycles. The van der Waals surface area contributed by atoms with Crippen LogP contribution in [0.3, 0.4) is 0 Å². The molecular formula is C11H14FN. The van der Waals surface area contributed by atoms with Crippen molar-refractivity contribution < 1.29 is 4.39 Å². The molecule has 0 aromatic heterocycles. The zero-order valence-electron chi connectivity index (χ0n) is 7.76. The van der Waals surface area contributed by atoms with Crippen molar-refractivity contribution in [3.8, 4) is 0 Å². The Hall–Kier alpha value is -0.890. The van der Waals surface area contributed by atoms with Crippen LogP contribution in [0.25, 0.3) is 0 Å². The van der Waals surface area contributed by atoms with Gasteiger partial charge in [0.1, 0.15) is 5.82 Å². The Balaban J connectivity index is 2.00. The molecule has 70 valence electrons. The highest BCUT2D eigenvalue weighted by Crippen LogP contribution is 2.46. The molecule has 0 bridgehead atoms. The summed E-state index contributed by atoms with van der Waals surface area (Å²) in [7, 11) is 1.97. The van der Waals surface area contributed by atoms with Gasteiger partial charge in [-0.05, 0) is 49.5 Å². The summed E-state index contributed by atoms with van der Waals surface area (Å²) in [6.45, 7) is 1.07. The highest BCUT2D eigenvalue weighted by molar-refractivity contribution is 5.26. The first kappa shape index (κ1) is 8.70. The van der Waals surface area contributed by atoms with Crippen LogP contribution in [0.1, 0.15) is 17.9 Å².